The van der Waals surface area contributed by atoms with Gasteiger partial charge in [-0.05, 0) is 37.6 Å². The van der Waals surface area contributed by atoms with Crippen LogP contribution in [0.1, 0.15) is 36.8 Å². The van der Waals surface area contributed by atoms with Gasteiger partial charge >= 0.3 is 0 Å². The molecule has 1 aliphatic heterocycles. The second-order valence-electron chi connectivity index (χ2n) is 7.95. The van der Waals surface area contributed by atoms with E-state index in [1.165, 1.54) is 11.1 Å². The summed E-state index contributed by atoms with van der Waals surface area (Å²) in [6.45, 7) is 4.70. The monoisotopic (exact) mass is 535 g/mol. The number of hydrogen-bond acceptors (Lipinski definition) is 3. The summed E-state index contributed by atoms with van der Waals surface area (Å²) in [6.07, 6.45) is 1.50. The molecule has 0 aromatic heterocycles. The van der Waals surface area contributed by atoms with Crippen LogP contribution in [0.3, 0.4) is 0 Å². The molecule has 3 rings (SSSR count). The van der Waals surface area contributed by atoms with E-state index in [9.17, 15) is 4.79 Å². The summed E-state index contributed by atoms with van der Waals surface area (Å²) >= 11 is 0. The van der Waals surface area contributed by atoms with Crippen LogP contribution < -0.4 is 16.0 Å². The molecule has 1 amide bonds. The number of hydrogen-bond donors (Lipinski definition) is 3. The first-order chi connectivity index (χ1) is 14.6. The minimum atomic E-state index is 0. The van der Waals surface area contributed by atoms with Gasteiger partial charge in [-0.25, -0.2) is 0 Å². The maximum absolute atomic E-state index is 12.0. The van der Waals surface area contributed by atoms with Gasteiger partial charge in [0.2, 0.25) is 5.91 Å². The molecule has 31 heavy (non-hydrogen) atoms. The quantitative estimate of drug-likeness (QED) is 0.273. The maximum atomic E-state index is 12.0. The van der Waals surface area contributed by atoms with Crippen LogP contribution in [0.25, 0.3) is 0 Å². The lowest BCUT2D eigenvalue weighted by atomic mass is 9.90. The Bertz CT molecular complexity index is 858. The Morgan fingerprint density at radius 3 is 2.61 bits per heavy atom. The second-order valence-corrected chi connectivity index (χ2v) is 7.95. The molecule has 168 valence electrons. The number of carbonyl (C=O) groups excluding carboxylic acids is 1. The third-order valence-electron chi connectivity index (χ3n) is 5.73. The Morgan fingerprint density at radius 1 is 1.16 bits per heavy atom. The number of halogens is 1. The summed E-state index contributed by atoms with van der Waals surface area (Å²) < 4.78 is 0. The van der Waals surface area contributed by atoms with Crippen molar-refractivity contribution >= 4 is 41.5 Å². The molecule has 2 aromatic carbocycles. The Morgan fingerprint density at radius 2 is 1.87 bits per heavy atom. The Labute approximate surface area is 202 Å². The molecule has 0 saturated heterocycles. The van der Waals surface area contributed by atoms with E-state index in [4.69, 9.17) is 0 Å². The highest BCUT2D eigenvalue weighted by Crippen LogP contribution is 2.31. The maximum Gasteiger partial charge on any atom is 0.225 e. The van der Waals surface area contributed by atoms with Gasteiger partial charge in [-0.1, -0.05) is 48.5 Å². The number of rotatable bonds is 8. The van der Waals surface area contributed by atoms with Gasteiger partial charge in [0.1, 0.15) is 0 Å². The van der Waals surface area contributed by atoms with Crippen LogP contribution in [0.15, 0.2) is 59.6 Å². The summed E-state index contributed by atoms with van der Waals surface area (Å²) in [5.74, 6) is 0.986. The summed E-state index contributed by atoms with van der Waals surface area (Å²) in [7, 11) is 3.94. The van der Waals surface area contributed by atoms with E-state index >= 15 is 0 Å². The zero-order valence-corrected chi connectivity index (χ0v) is 20.9. The van der Waals surface area contributed by atoms with E-state index in [1.54, 1.807) is 7.05 Å². The topological polar surface area (TPSA) is 68.8 Å². The number of fused-ring (bicyclic) bond motifs is 1. The minimum Gasteiger partial charge on any atom is -0.356 e. The fraction of sp³-hybridized carbons (Fsp3) is 0.417. The SMILES string of the molecule is CN=C(NCCC(C)N(C)Cc1ccccc1)NCC1CC(=O)Nc2ccccc21.I. The Hall–Kier alpha value is -2.13. The lowest BCUT2D eigenvalue weighted by Gasteiger charge is -2.27. The number of carbonyl (C=O) groups is 1. The van der Waals surface area contributed by atoms with Gasteiger partial charge in [0.25, 0.3) is 0 Å². The summed E-state index contributed by atoms with van der Waals surface area (Å²) in [5, 5.41) is 9.74. The number of guanidine groups is 1. The normalized spacial score (nSPS) is 16.7. The van der Waals surface area contributed by atoms with Crippen molar-refractivity contribution in [3.63, 3.8) is 0 Å². The third kappa shape index (κ3) is 7.50. The van der Waals surface area contributed by atoms with Crippen LogP contribution in [0, 0.1) is 0 Å². The van der Waals surface area contributed by atoms with Gasteiger partial charge < -0.3 is 16.0 Å². The highest BCUT2D eigenvalue weighted by atomic mass is 127. The molecular weight excluding hydrogens is 501 g/mol. The first-order valence-electron chi connectivity index (χ1n) is 10.6. The van der Waals surface area contributed by atoms with Crippen molar-refractivity contribution < 1.29 is 4.79 Å². The van der Waals surface area contributed by atoms with Gasteiger partial charge in [-0.2, -0.15) is 0 Å². The lowest BCUT2D eigenvalue weighted by molar-refractivity contribution is -0.116. The van der Waals surface area contributed by atoms with Crippen molar-refractivity contribution in [2.45, 2.75) is 38.3 Å². The molecule has 1 heterocycles. The van der Waals surface area contributed by atoms with E-state index in [-0.39, 0.29) is 35.8 Å². The number of aliphatic imine (C=N–C) groups is 1. The highest BCUT2D eigenvalue weighted by molar-refractivity contribution is 14.0. The molecule has 2 atom stereocenters. The van der Waals surface area contributed by atoms with Crippen LogP contribution in [-0.2, 0) is 11.3 Å². The first kappa shape index (κ1) is 25.1. The number of nitrogens with zero attached hydrogens (tertiary/aromatic N) is 2. The predicted octanol–water partition coefficient (Wildman–Crippen LogP) is 3.81. The smallest absolute Gasteiger partial charge is 0.225 e. The predicted molar refractivity (Wildman–Crippen MR) is 139 cm³/mol. The fourth-order valence-electron chi connectivity index (χ4n) is 3.77. The van der Waals surface area contributed by atoms with Crippen LogP contribution >= 0.6 is 24.0 Å². The summed E-state index contributed by atoms with van der Waals surface area (Å²) in [4.78, 5) is 18.7. The van der Waals surface area contributed by atoms with Crippen LogP contribution in [-0.4, -0.2) is 50.0 Å². The Balaban J connectivity index is 0.00000341. The third-order valence-corrected chi connectivity index (χ3v) is 5.73. The summed E-state index contributed by atoms with van der Waals surface area (Å²) in [6, 6.07) is 19.0. The van der Waals surface area contributed by atoms with Gasteiger partial charge in [0.05, 0.1) is 0 Å². The molecule has 0 saturated carbocycles. The first-order valence-corrected chi connectivity index (χ1v) is 10.6. The Kier molecular flexibility index (Phi) is 10.3. The van der Waals surface area contributed by atoms with E-state index in [2.05, 4.69) is 70.1 Å². The molecule has 3 N–H and O–H groups in total. The zero-order chi connectivity index (χ0) is 21.3. The number of benzene rings is 2. The van der Waals surface area contributed by atoms with Crippen molar-refractivity contribution in [2.24, 2.45) is 4.99 Å². The molecule has 0 fully saturated rings. The number of amides is 1. The molecule has 0 radical (unpaired) electrons. The molecule has 1 aliphatic rings. The van der Waals surface area contributed by atoms with Crippen LogP contribution in [0.4, 0.5) is 5.69 Å². The van der Waals surface area contributed by atoms with Gasteiger partial charge in [-0.15, -0.1) is 24.0 Å². The standard InChI is InChI=1S/C24H33N5O.HI/c1-18(29(3)17-19-9-5-4-6-10-19)13-14-26-24(25-2)27-16-20-15-23(30)28-22-12-8-7-11-21(20)22;/h4-12,18,20H,13-17H2,1-3H3,(H,28,30)(H2,25,26,27);1H. The van der Waals surface area contributed by atoms with E-state index in [0.29, 0.717) is 19.0 Å². The second kappa shape index (κ2) is 12.7. The van der Waals surface area contributed by atoms with Gasteiger partial charge in [0.15, 0.2) is 5.96 Å². The van der Waals surface area contributed by atoms with Crippen molar-refractivity contribution in [3.8, 4) is 0 Å². The van der Waals surface area contributed by atoms with Crippen molar-refractivity contribution in [1.82, 2.24) is 15.5 Å². The average molecular weight is 535 g/mol. The molecule has 0 bridgehead atoms. The van der Waals surface area contributed by atoms with Crippen molar-refractivity contribution in [1.29, 1.82) is 0 Å². The number of para-hydroxylation sites is 1. The molecule has 2 aromatic rings. The minimum absolute atomic E-state index is 0. The zero-order valence-electron chi connectivity index (χ0n) is 18.6. The van der Waals surface area contributed by atoms with Crippen molar-refractivity contribution in [3.05, 3.63) is 65.7 Å². The molecule has 2 unspecified atom stereocenters. The molecular formula is C24H34IN5O. The average Bonchev–Trinajstić information content (AvgIpc) is 2.76. The highest BCUT2D eigenvalue weighted by Gasteiger charge is 2.24. The van der Waals surface area contributed by atoms with Crippen LogP contribution in [0.2, 0.25) is 0 Å². The fourth-order valence-corrected chi connectivity index (χ4v) is 3.77. The number of anilines is 1. The van der Waals surface area contributed by atoms with Crippen molar-refractivity contribution in [2.75, 3.05) is 32.5 Å². The van der Waals surface area contributed by atoms with Crippen LogP contribution in [0.5, 0.6) is 0 Å². The largest absolute Gasteiger partial charge is 0.356 e. The molecule has 6 nitrogen and oxygen atoms in total. The van der Waals surface area contributed by atoms with Gasteiger partial charge in [-0.3, -0.25) is 14.7 Å². The lowest BCUT2D eigenvalue weighted by Crippen LogP contribution is -2.42. The number of nitrogens with one attached hydrogen (secondary N) is 3. The van der Waals surface area contributed by atoms with E-state index < -0.39 is 0 Å². The molecule has 7 heteroatoms. The van der Waals surface area contributed by atoms with E-state index in [1.807, 2.05) is 24.3 Å². The molecule has 0 spiro atoms. The van der Waals surface area contributed by atoms with Gasteiger partial charge in [0, 0.05) is 50.7 Å². The molecule has 0 aliphatic carbocycles. The van der Waals surface area contributed by atoms with E-state index in [0.717, 1.165) is 31.2 Å². The summed E-state index contributed by atoms with van der Waals surface area (Å²) in [5.41, 5.74) is 3.42.